The molecule has 104 valence electrons. The molecule has 2 aromatic carbocycles. The molecule has 1 N–H and O–H groups in total. The van der Waals surface area contributed by atoms with Gasteiger partial charge < -0.3 is 0 Å². The molecule has 1 heterocycles. The highest BCUT2D eigenvalue weighted by Crippen LogP contribution is 2.14. The summed E-state index contributed by atoms with van der Waals surface area (Å²) in [5.74, 6) is -0.179. The molecule has 6 heteroatoms. The van der Waals surface area contributed by atoms with Crippen LogP contribution in [-0.4, -0.2) is 15.6 Å². The summed E-state index contributed by atoms with van der Waals surface area (Å²) in [4.78, 5) is 12.5. The van der Waals surface area contributed by atoms with Crippen molar-refractivity contribution in [2.24, 2.45) is 0 Å². The second kappa shape index (κ2) is 5.63. The number of nitrogens with zero attached hydrogens (tertiary/aromatic N) is 2. The summed E-state index contributed by atoms with van der Waals surface area (Å²) in [6.07, 6.45) is 0. The van der Waals surface area contributed by atoms with Crippen LogP contribution in [0, 0.1) is 5.41 Å². The first-order valence-corrected chi connectivity index (χ1v) is 7.35. The van der Waals surface area contributed by atoms with Crippen LogP contribution in [0.1, 0.15) is 15.4 Å². The zero-order chi connectivity index (χ0) is 14.8. The van der Waals surface area contributed by atoms with Gasteiger partial charge >= 0.3 is 0 Å². The molecule has 0 aliphatic carbocycles. The van der Waals surface area contributed by atoms with Crippen molar-refractivity contribution in [1.82, 2.24) is 9.78 Å². The Kier molecular flexibility index (Phi) is 3.68. The van der Waals surface area contributed by atoms with Crippen LogP contribution in [0.2, 0.25) is 5.02 Å². The van der Waals surface area contributed by atoms with E-state index in [1.807, 2.05) is 6.07 Å². The van der Waals surface area contributed by atoms with Gasteiger partial charge in [-0.3, -0.25) is 10.2 Å². The lowest BCUT2D eigenvalue weighted by atomic mass is 10.1. The van der Waals surface area contributed by atoms with Crippen molar-refractivity contribution in [3.05, 3.63) is 75.0 Å². The Morgan fingerprint density at radius 2 is 1.76 bits per heavy atom. The summed E-state index contributed by atoms with van der Waals surface area (Å²) < 4.78 is 1.43. The zero-order valence-corrected chi connectivity index (χ0v) is 12.4. The van der Waals surface area contributed by atoms with Crippen LogP contribution >= 0.6 is 22.9 Å². The number of aromatic nitrogens is 2. The van der Waals surface area contributed by atoms with Gasteiger partial charge in [-0.1, -0.05) is 53.3 Å². The van der Waals surface area contributed by atoms with E-state index >= 15 is 0 Å². The van der Waals surface area contributed by atoms with Crippen molar-refractivity contribution in [2.75, 3.05) is 0 Å². The Labute approximate surface area is 129 Å². The maximum Gasteiger partial charge on any atom is 0.223 e. The van der Waals surface area contributed by atoms with Gasteiger partial charge in [0, 0.05) is 10.6 Å². The van der Waals surface area contributed by atoms with Gasteiger partial charge in [0.15, 0.2) is 5.01 Å². The Morgan fingerprint density at radius 1 is 1.10 bits per heavy atom. The third-order valence-corrected chi connectivity index (χ3v) is 3.96. The highest BCUT2D eigenvalue weighted by atomic mass is 35.5. The van der Waals surface area contributed by atoms with E-state index in [0.717, 1.165) is 11.3 Å². The summed E-state index contributed by atoms with van der Waals surface area (Å²) in [5.41, 5.74) is 1.27. The fourth-order valence-electron chi connectivity index (χ4n) is 1.85. The molecule has 4 nitrogen and oxygen atoms in total. The van der Waals surface area contributed by atoms with E-state index in [0.29, 0.717) is 21.3 Å². The zero-order valence-electron chi connectivity index (χ0n) is 10.8. The van der Waals surface area contributed by atoms with Crippen LogP contribution in [0.25, 0.3) is 5.69 Å². The number of hydrogen-bond acceptors (Lipinski definition) is 4. The largest absolute Gasteiger partial charge is 0.286 e. The van der Waals surface area contributed by atoms with Crippen molar-refractivity contribution in [3.63, 3.8) is 0 Å². The van der Waals surface area contributed by atoms with Crippen molar-refractivity contribution < 1.29 is 4.79 Å². The van der Waals surface area contributed by atoms with Gasteiger partial charge in [0.25, 0.3) is 0 Å². The lowest BCUT2D eigenvalue weighted by Gasteiger charge is -2.00. The molecule has 0 unspecified atom stereocenters. The number of rotatable bonds is 3. The van der Waals surface area contributed by atoms with Crippen molar-refractivity contribution in [2.45, 2.75) is 0 Å². The second-order valence-corrected chi connectivity index (χ2v) is 5.71. The number of nitrogens with one attached hydrogen (secondary N) is 1. The summed E-state index contributed by atoms with van der Waals surface area (Å²) in [6.45, 7) is 0. The number of ketones is 1. The summed E-state index contributed by atoms with van der Waals surface area (Å²) >= 11 is 6.90. The SMILES string of the molecule is N=c1sc(C(=O)c2ccccc2)nn1-c1ccc(Cl)cc1. The number of benzene rings is 2. The molecule has 1 aromatic heterocycles. The van der Waals surface area contributed by atoms with E-state index in [2.05, 4.69) is 5.10 Å². The van der Waals surface area contributed by atoms with E-state index in [1.54, 1.807) is 48.5 Å². The molecule has 3 aromatic rings. The number of hydrogen-bond donors (Lipinski definition) is 1. The summed E-state index contributed by atoms with van der Waals surface area (Å²) in [6, 6.07) is 15.9. The topological polar surface area (TPSA) is 58.7 Å². The monoisotopic (exact) mass is 315 g/mol. The fourth-order valence-corrected chi connectivity index (χ4v) is 2.73. The Bertz CT molecular complexity index is 837. The van der Waals surface area contributed by atoms with Crippen LogP contribution < -0.4 is 4.80 Å². The molecule has 0 aliphatic rings. The molecule has 0 saturated carbocycles. The van der Waals surface area contributed by atoms with E-state index in [1.165, 1.54) is 4.68 Å². The molecule has 0 fully saturated rings. The van der Waals surface area contributed by atoms with E-state index in [4.69, 9.17) is 17.0 Å². The number of carbonyl (C=O) groups excluding carboxylic acids is 1. The number of halogens is 1. The maximum atomic E-state index is 12.3. The van der Waals surface area contributed by atoms with Crippen LogP contribution in [0.5, 0.6) is 0 Å². The normalized spacial score (nSPS) is 10.5. The Hall–Kier alpha value is -2.24. The molecule has 0 atom stereocenters. The molecule has 0 bridgehead atoms. The maximum absolute atomic E-state index is 12.3. The average molecular weight is 316 g/mol. The summed E-state index contributed by atoms with van der Waals surface area (Å²) in [7, 11) is 0. The lowest BCUT2D eigenvalue weighted by molar-refractivity contribution is 0.103. The predicted octanol–water partition coefficient (Wildman–Crippen LogP) is 3.30. The van der Waals surface area contributed by atoms with Crippen molar-refractivity contribution in [1.29, 1.82) is 5.41 Å². The molecule has 0 saturated heterocycles. The summed E-state index contributed by atoms with van der Waals surface area (Å²) in [5, 5.41) is 13.1. The highest BCUT2D eigenvalue weighted by Gasteiger charge is 2.15. The van der Waals surface area contributed by atoms with E-state index in [9.17, 15) is 4.79 Å². The average Bonchev–Trinajstić information content (AvgIpc) is 2.90. The molecule has 0 radical (unpaired) electrons. The number of carbonyl (C=O) groups is 1. The Balaban J connectivity index is 2.00. The van der Waals surface area contributed by atoms with Gasteiger partial charge in [0.1, 0.15) is 0 Å². The van der Waals surface area contributed by atoms with Gasteiger partial charge in [-0.05, 0) is 24.3 Å². The molecule has 3 rings (SSSR count). The first kappa shape index (κ1) is 13.7. The second-order valence-electron chi connectivity index (χ2n) is 4.30. The van der Waals surface area contributed by atoms with E-state index < -0.39 is 0 Å². The molecule has 0 amide bonds. The van der Waals surface area contributed by atoms with Gasteiger partial charge in [-0.25, -0.2) is 4.68 Å². The third kappa shape index (κ3) is 2.79. The quantitative estimate of drug-likeness (QED) is 0.754. The van der Waals surface area contributed by atoms with Gasteiger partial charge in [-0.15, -0.1) is 0 Å². The smallest absolute Gasteiger partial charge is 0.223 e. The van der Waals surface area contributed by atoms with Gasteiger partial charge in [-0.2, -0.15) is 5.10 Å². The van der Waals surface area contributed by atoms with Crippen LogP contribution in [0.3, 0.4) is 0 Å². The lowest BCUT2D eigenvalue weighted by Crippen LogP contribution is -2.12. The minimum atomic E-state index is -0.179. The van der Waals surface area contributed by atoms with E-state index in [-0.39, 0.29) is 10.6 Å². The van der Waals surface area contributed by atoms with Gasteiger partial charge in [0.05, 0.1) is 5.69 Å². The first-order chi connectivity index (χ1) is 10.1. The molecule has 21 heavy (non-hydrogen) atoms. The van der Waals surface area contributed by atoms with Gasteiger partial charge in [0.2, 0.25) is 10.6 Å². The minimum Gasteiger partial charge on any atom is -0.286 e. The standard InChI is InChI=1S/C15H10ClN3OS/c16-11-6-8-12(9-7-11)19-15(17)21-14(18-19)13(20)10-4-2-1-3-5-10/h1-9,17H. The third-order valence-electron chi connectivity index (χ3n) is 2.88. The van der Waals surface area contributed by atoms with Crippen molar-refractivity contribution in [3.8, 4) is 5.69 Å². The first-order valence-electron chi connectivity index (χ1n) is 6.15. The predicted molar refractivity (Wildman–Crippen MR) is 82.2 cm³/mol. The van der Waals surface area contributed by atoms with Crippen molar-refractivity contribution >= 4 is 28.7 Å². The molecular weight excluding hydrogens is 306 g/mol. The van der Waals surface area contributed by atoms with Crippen LogP contribution in [-0.2, 0) is 0 Å². The minimum absolute atomic E-state index is 0.179. The molecular formula is C15H10ClN3OS. The Morgan fingerprint density at radius 3 is 2.43 bits per heavy atom. The van der Waals surface area contributed by atoms with Crippen LogP contribution in [0.4, 0.5) is 0 Å². The van der Waals surface area contributed by atoms with Crippen LogP contribution in [0.15, 0.2) is 54.6 Å². The fraction of sp³-hybridized carbons (Fsp3) is 0. The molecule has 0 spiro atoms. The highest BCUT2D eigenvalue weighted by molar-refractivity contribution is 7.11. The molecule has 0 aliphatic heterocycles.